The van der Waals surface area contributed by atoms with Gasteiger partial charge in [0.25, 0.3) is 5.91 Å². The molecular formula is C39H51N3O9. The van der Waals surface area contributed by atoms with Crippen LogP contribution < -0.4 is 16.4 Å². The molecule has 51 heavy (non-hydrogen) atoms. The first kappa shape index (κ1) is 39.5. The van der Waals surface area contributed by atoms with Gasteiger partial charge in [-0.25, -0.2) is 9.59 Å². The van der Waals surface area contributed by atoms with E-state index in [2.05, 4.69) is 22.8 Å². The highest BCUT2D eigenvalue weighted by Gasteiger charge is 2.33. The predicted molar refractivity (Wildman–Crippen MR) is 192 cm³/mol. The summed E-state index contributed by atoms with van der Waals surface area (Å²) in [7, 11) is 0. The van der Waals surface area contributed by atoms with E-state index in [-0.39, 0.29) is 44.5 Å². The summed E-state index contributed by atoms with van der Waals surface area (Å²) in [6.45, 7) is 6.49. The molecule has 0 radical (unpaired) electrons. The molecule has 3 aromatic carbocycles. The first-order chi connectivity index (χ1) is 24.8. The minimum absolute atomic E-state index is 0.0224. The largest absolute Gasteiger partial charge is 0.462 e. The van der Waals surface area contributed by atoms with E-state index in [1.165, 1.54) is 0 Å². The maximum atomic E-state index is 13.4. The van der Waals surface area contributed by atoms with Gasteiger partial charge < -0.3 is 45.2 Å². The van der Waals surface area contributed by atoms with Crippen LogP contribution in [0, 0.1) is 5.92 Å². The van der Waals surface area contributed by atoms with Crippen LogP contribution in [0.3, 0.4) is 0 Å². The number of amides is 2. The Morgan fingerprint density at radius 1 is 0.725 bits per heavy atom. The number of hydrogen-bond acceptors (Lipinski definition) is 10. The lowest BCUT2D eigenvalue weighted by Crippen LogP contribution is -2.55. The van der Waals surface area contributed by atoms with Crippen molar-refractivity contribution in [2.75, 3.05) is 59.4 Å². The Labute approximate surface area is 299 Å². The fraction of sp³-hybridized carbons (Fsp3) is 0.462. The van der Waals surface area contributed by atoms with Crippen LogP contribution in [0.5, 0.6) is 0 Å². The third kappa shape index (κ3) is 12.4. The number of ether oxygens (including phenoxy) is 5. The molecule has 4 rings (SSSR count). The second-order valence-corrected chi connectivity index (χ2v) is 12.7. The zero-order chi connectivity index (χ0) is 36.4. The van der Waals surface area contributed by atoms with Crippen molar-refractivity contribution in [1.82, 2.24) is 10.6 Å². The van der Waals surface area contributed by atoms with Crippen molar-refractivity contribution in [3.63, 3.8) is 0 Å². The summed E-state index contributed by atoms with van der Waals surface area (Å²) in [4.78, 5) is 39.7. The van der Waals surface area contributed by atoms with Crippen LogP contribution in [-0.2, 0) is 39.7 Å². The smallest absolute Gasteiger partial charge is 0.407 e. The van der Waals surface area contributed by atoms with Crippen LogP contribution >= 0.6 is 0 Å². The van der Waals surface area contributed by atoms with Gasteiger partial charge in [-0.3, -0.25) is 4.79 Å². The topological polar surface area (TPSA) is 168 Å². The number of carbonyl (C=O) groups excluding carboxylic acids is 3. The Morgan fingerprint density at radius 3 is 1.86 bits per heavy atom. The van der Waals surface area contributed by atoms with Crippen molar-refractivity contribution >= 4 is 18.0 Å². The average Bonchev–Trinajstić information content (AvgIpc) is 3.45. The summed E-state index contributed by atoms with van der Waals surface area (Å²) >= 11 is 0. The molecule has 0 bridgehead atoms. The quantitative estimate of drug-likeness (QED) is 0.0897. The molecule has 0 fully saturated rings. The van der Waals surface area contributed by atoms with E-state index in [4.69, 9.17) is 29.4 Å². The molecule has 276 valence electrons. The van der Waals surface area contributed by atoms with Gasteiger partial charge in [0.2, 0.25) is 0 Å². The molecule has 0 aliphatic heterocycles. The van der Waals surface area contributed by atoms with Crippen molar-refractivity contribution in [2.24, 2.45) is 11.7 Å². The highest BCUT2D eigenvalue weighted by molar-refractivity contribution is 5.88. The third-order valence-electron chi connectivity index (χ3n) is 8.38. The molecule has 1 aliphatic carbocycles. The average molecular weight is 706 g/mol. The molecule has 0 aromatic heterocycles. The van der Waals surface area contributed by atoms with E-state index in [1.807, 2.05) is 80.6 Å². The minimum atomic E-state index is -1.70. The van der Waals surface area contributed by atoms with E-state index in [1.54, 1.807) is 0 Å². The molecule has 12 heteroatoms. The van der Waals surface area contributed by atoms with Gasteiger partial charge in [0.05, 0.1) is 45.7 Å². The SMILES string of the molecule is CC(C)C[C@H](NC(=O)[C@@H](O)[C@@H](Cc1ccccc1)NC(=O)OCC1c2ccccc2-c2ccccc21)C(=O)OCCOCCOCCOCCN. The van der Waals surface area contributed by atoms with Gasteiger partial charge in [-0.15, -0.1) is 0 Å². The van der Waals surface area contributed by atoms with Gasteiger partial charge in [-0.1, -0.05) is 92.7 Å². The summed E-state index contributed by atoms with van der Waals surface area (Å²) in [5.74, 6) is -1.59. The lowest BCUT2D eigenvalue weighted by molar-refractivity contribution is -0.151. The van der Waals surface area contributed by atoms with Crippen LogP contribution in [0.1, 0.15) is 42.9 Å². The normalized spacial score (nSPS) is 13.9. The van der Waals surface area contributed by atoms with Crippen molar-refractivity contribution in [1.29, 1.82) is 0 Å². The second kappa shape index (κ2) is 21.1. The van der Waals surface area contributed by atoms with Crippen LogP contribution in [0.25, 0.3) is 11.1 Å². The number of nitrogens with one attached hydrogen (secondary N) is 2. The maximum Gasteiger partial charge on any atom is 0.407 e. The first-order valence-electron chi connectivity index (χ1n) is 17.5. The number of carbonyl (C=O) groups is 3. The number of esters is 1. The summed E-state index contributed by atoms with van der Waals surface area (Å²) in [6.07, 6.45) is -2.05. The van der Waals surface area contributed by atoms with E-state index >= 15 is 0 Å². The van der Waals surface area contributed by atoms with E-state index in [0.717, 1.165) is 27.8 Å². The number of alkyl carbamates (subject to hydrolysis) is 1. The molecule has 0 heterocycles. The van der Waals surface area contributed by atoms with Crippen molar-refractivity contribution in [2.45, 2.75) is 50.8 Å². The molecule has 0 saturated heterocycles. The van der Waals surface area contributed by atoms with Crippen LogP contribution in [0.15, 0.2) is 78.9 Å². The molecule has 2 amide bonds. The highest BCUT2D eigenvalue weighted by atomic mass is 16.6. The Bertz CT molecular complexity index is 1480. The van der Waals surface area contributed by atoms with E-state index in [0.29, 0.717) is 39.6 Å². The Morgan fingerprint density at radius 2 is 1.27 bits per heavy atom. The summed E-state index contributed by atoms with van der Waals surface area (Å²) in [5, 5.41) is 16.6. The number of aliphatic hydroxyl groups is 1. The molecular weight excluding hydrogens is 654 g/mol. The van der Waals surface area contributed by atoms with Crippen LogP contribution in [-0.4, -0.2) is 101 Å². The molecule has 5 N–H and O–H groups in total. The number of fused-ring (bicyclic) bond motifs is 3. The second-order valence-electron chi connectivity index (χ2n) is 12.7. The predicted octanol–water partition coefficient (Wildman–Crippen LogP) is 3.58. The number of rotatable bonds is 22. The number of aliphatic hydroxyl groups excluding tert-OH is 1. The van der Waals surface area contributed by atoms with E-state index < -0.39 is 36.2 Å². The van der Waals surface area contributed by atoms with Gasteiger partial charge in [-0.05, 0) is 46.6 Å². The Balaban J connectivity index is 1.31. The number of nitrogens with two attached hydrogens (primary N) is 1. The Kier molecular flexibility index (Phi) is 16.3. The lowest BCUT2D eigenvalue weighted by atomic mass is 9.98. The minimum Gasteiger partial charge on any atom is -0.462 e. The van der Waals surface area contributed by atoms with Gasteiger partial charge in [0.1, 0.15) is 19.3 Å². The lowest BCUT2D eigenvalue weighted by Gasteiger charge is -2.26. The third-order valence-corrected chi connectivity index (χ3v) is 8.38. The zero-order valence-electron chi connectivity index (χ0n) is 29.5. The monoisotopic (exact) mass is 705 g/mol. The molecule has 1 aliphatic rings. The van der Waals surface area contributed by atoms with Crippen molar-refractivity contribution < 1.29 is 43.2 Å². The summed E-state index contributed by atoms with van der Waals surface area (Å²) < 4.78 is 27.2. The van der Waals surface area contributed by atoms with E-state index in [9.17, 15) is 19.5 Å². The molecule has 3 atom stereocenters. The standard InChI is InChI=1S/C39H51N3O9/c1-27(2)24-35(38(45)50-23-22-49-21-20-48-19-18-47-17-16-40)41-37(44)36(43)34(25-28-10-4-3-5-11-28)42-39(46)51-26-33-31-14-8-6-12-29(31)30-13-7-9-15-32(30)33/h3-15,27,33-36,43H,16-26,40H2,1-2H3,(H,41,44)(H,42,46)/t34-,35+,36+/m1/s1. The highest BCUT2D eigenvalue weighted by Crippen LogP contribution is 2.44. The van der Waals surface area contributed by atoms with Gasteiger partial charge in [-0.2, -0.15) is 0 Å². The molecule has 0 saturated carbocycles. The number of benzene rings is 3. The molecule has 12 nitrogen and oxygen atoms in total. The summed E-state index contributed by atoms with van der Waals surface area (Å²) in [5.41, 5.74) is 10.5. The fourth-order valence-corrected chi connectivity index (χ4v) is 5.95. The van der Waals surface area contributed by atoms with Crippen molar-refractivity contribution in [3.8, 4) is 11.1 Å². The zero-order valence-corrected chi connectivity index (χ0v) is 29.5. The van der Waals surface area contributed by atoms with Gasteiger partial charge >= 0.3 is 12.1 Å². The van der Waals surface area contributed by atoms with Gasteiger partial charge in [0, 0.05) is 12.5 Å². The first-order valence-corrected chi connectivity index (χ1v) is 17.5. The Hall–Kier alpha value is -4.33. The van der Waals surface area contributed by atoms with Crippen molar-refractivity contribution in [3.05, 3.63) is 95.6 Å². The molecule has 3 aromatic rings. The van der Waals surface area contributed by atoms with Crippen LogP contribution in [0.2, 0.25) is 0 Å². The van der Waals surface area contributed by atoms with Gasteiger partial charge in [0.15, 0.2) is 6.10 Å². The van der Waals surface area contributed by atoms with Crippen LogP contribution in [0.4, 0.5) is 4.79 Å². The molecule has 0 spiro atoms. The fourth-order valence-electron chi connectivity index (χ4n) is 5.95. The maximum absolute atomic E-state index is 13.4. The summed E-state index contributed by atoms with van der Waals surface area (Å²) in [6, 6.07) is 23.1. The number of hydrogen-bond donors (Lipinski definition) is 4. The molecule has 0 unspecified atom stereocenters.